The Kier molecular flexibility index (Phi) is 4.98. The van der Waals surface area contributed by atoms with Crippen molar-refractivity contribution < 1.29 is 4.74 Å². The van der Waals surface area contributed by atoms with E-state index < -0.39 is 0 Å². The van der Waals surface area contributed by atoms with Gasteiger partial charge in [-0.1, -0.05) is 43.3 Å². The van der Waals surface area contributed by atoms with Crippen molar-refractivity contribution in [3.05, 3.63) is 10.0 Å². The molecule has 0 saturated heterocycles. The Labute approximate surface area is 118 Å². The van der Waals surface area contributed by atoms with E-state index in [1.807, 2.05) is 0 Å². The smallest absolute Gasteiger partial charge is 0.139 e. The number of halogens is 1. The second-order valence-corrected chi connectivity index (χ2v) is 7.03. The van der Waals surface area contributed by atoms with Crippen LogP contribution in [0, 0.1) is 17.8 Å². The number of hydrogen-bond donors (Lipinski definition) is 0. The van der Waals surface area contributed by atoms with E-state index in [9.17, 15) is 0 Å². The minimum atomic E-state index is 0.339. The van der Waals surface area contributed by atoms with Crippen LogP contribution in [0.3, 0.4) is 0 Å². The van der Waals surface area contributed by atoms with E-state index in [4.69, 9.17) is 16.3 Å². The molecular formula is C13H21ClN2OS. The van der Waals surface area contributed by atoms with Gasteiger partial charge in [-0.3, -0.25) is 0 Å². The molecule has 1 aromatic heterocycles. The van der Waals surface area contributed by atoms with Gasteiger partial charge in [0.25, 0.3) is 0 Å². The van der Waals surface area contributed by atoms with Crippen LogP contribution in [0.15, 0.2) is 0 Å². The third-order valence-corrected chi connectivity index (χ3v) is 4.89. The summed E-state index contributed by atoms with van der Waals surface area (Å²) >= 11 is 7.22. The summed E-state index contributed by atoms with van der Waals surface area (Å²) in [5, 5.41) is 4.00. The Balaban J connectivity index is 1.94. The van der Waals surface area contributed by atoms with Crippen LogP contribution in [0.1, 0.15) is 45.7 Å². The van der Waals surface area contributed by atoms with Crippen molar-refractivity contribution in [2.45, 2.75) is 52.7 Å². The molecular weight excluding hydrogens is 268 g/mol. The summed E-state index contributed by atoms with van der Waals surface area (Å²) in [6.07, 6.45) is 4.08. The molecule has 0 bridgehead atoms. The van der Waals surface area contributed by atoms with Crippen LogP contribution in [0.5, 0.6) is 0 Å². The standard InChI is InChI=1S/C13H21ClN2OS/c1-8(2)10-5-4-9(3)6-12(10)17-7-11-13(14)18-16-15-11/h8-10,12H,4-7H2,1-3H3. The molecule has 5 heteroatoms. The Morgan fingerprint density at radius 3 is 2.83 bits per heavy atom. The van der Waals surface area contributed by atoms with Crippen LogP contribution < -0.4 is 0 Å². The summed E-state index contributed by atoms with van der Waals surface area (Å²) in [6.45, 7) is 7.38. The van der Waals surface area contributed by atoms with E-state index >= 15 is 0 Å². The maximum absolute atomic E-state index is 6.07. The summed E-state index contributed by atoms with van der Waals surface area (Å²) in [6, 6.07) is 0. The summed E-state index contributed by atoms with van der Waals surface area (Å²) in [5.41, 5.74) is 0.780. The normalized spacial score (nSPS) is 28.8. The second kappa shape index (κ2) is 6.31. The average molecular weight is 289 g/mol. The van der Waals surface area contributed by atoms with Gasteiger partial charge in [0.1, 0.15) is 10.0 Å². The van der Waals surface area contributed by atoms with Crippen LogP contribution in [0.2, 0.25) is 4.34 Å². The van der Waals surface area contributed by atoms with Gasteiger partial charge in [-0.25, -0.2) is 0 Å². The molecule has 102 valence electrons. The lowest BCUT2D eigenvalue weighted by molar-refractivity contribution is -0.0482. The third kappa shape index (κ3) is 3.43. The van der Waals surface area contributed by atoms with Crippen LogP contribution in [0.4, 0.5) is 0 Å². The average Bonchev–Trinajstić information content (AvgIpc) is 2.72. The number of rotatable bonds is 4. The lowest BCUT2D eigenvalue weighted by Gasteiger charge is -2.37. The molecule has 3 atom stereocenters. The Hall–Kier alpha value is -0.190. The molecule has 0 aliphatic heterocycles. The van der Waals surface area contributed by atoms with Gasteiger partial charge in [-0.05, 0) is 30.6 Å². The highest BCUT2D eigenvalue weighted by molar-refractivity contribution is 7.10. The maximum atomic E-state index is 6.07. The molecule has 1 aliphatic carbocycles. The zero-order chi connectivity index (χ0) is 13.1. The van der Waals surface area contributed by atoms with Gasteiger partial charge < -0.3 is 4.74 Å². The molecule has 18 heavy (non-hydrogen) atoms. The van der Waals surface area contributed by atoms with Gasteiger partial charge in [0, 0.05) is 11.5 Å². The fraction of sp³-hybridized carbons (Fsp3) is 0.846. The zero-order valence-electron chi connectivity index (χ0n) is 11.2. The first-order chi connectivity index (χ1) is 8.58. The predicted octanol–water partition coefficient (Wildman–Crippen LogP) is 4.17. The Morgan fingerprint density at radius 2 is 2.22 bits per heavy atom. The lowest BCUT2D eigenvalue weighted by Crippen LogP contribution is -2.34. The number of aromatic nitrogens is 2. The van der Waals surface area contributed by atoms with Gasteiger partial charge in [-0.15, -0.1) is 5.10 Å². The number of ether oxygens (including phenoxy) is 1. The maximum Gasteiger partial charge on any atom is 0.139 e. The monoisotopic (exact) mass is 288 g/mol. The van der Waals surface area contributed by atoms with Gasteiger partial charge >= 0.3 is 0 Å². The van der Waals surface area contributed by atoms with Crippen molar-refractivity contribution in [2.75, 3.05) is 0 Å². The van der Waals surface area contributed by atoms with Gasteiger partial charge in [-0.2, -0.15) is 0 Å². The summed E-state index contributed by atoms with van der Waals surface area (Å²) in [7, 11) is 0. The van der Waals surface area contributed by atoms with Crippen molar-refractivity contribution in [2.24, 2.45) is 17.8 Å². The summed E-state index contributed by atoms with van der Waals surface area (Å²) in [4.78, 5) is 0. The van der Waals surface area contributed by atoms with Crippen LogP contribution >= 0.6 is 23.1 Å². The Bertz CT molecular complexity index is 383. The SMILES string of the molecule is CC1CCC(C(C)C)C(OCc2nnsc2Cl)C1. The molecule has 0 N–H and O–H groups in total. The van der Waals surface area contributed by atoms with Crippen LogP contribution in [0.25, 0.3) is 0 Å². The van der Waals surface area contributed by atoms with Gasteiger partial charge in [0.2, 0.25) is 0 Å². The van der Waals surface area contributed by atoms with Crippen LogP contribution in [-0.2, 0) is 11.3 Å². The molecule has 0 spiro atoms. The van der Waals surface area contributed by atoms with E-state index in [0.29, 0.717) is 28.9 Å². The topological polar surface area (TPSA) is 35.0 Å². The molecule has 1 fully saturated rings. The fourth-order valence-corrected chi connectivity index (χ4v) is 3.38. The number of nitrogens with zero attached hydrogens (tertiary/aromatic N) is 2. The van der Waals surface area contributed by atoms with E-state index in [1.165, 1.54) is 24.4 Å². The Morgan fingerprint density at radius 1 is 1.44 bits per heavy atom. The van der Waals surface area contributed by atoms with E-state index in [0.717, 1.165) is 18.0 Å². The van der Waals surface area contributed by atoms with Crippen molar-refractivity contribution in [1.29, 1.82) is 0 Å². The van der Waals surface area contributed by atoms with Gasteiger partial charge in [0.05, 0.1) is 12.7 Å². The molecule has 1 saturated carbocycles. The van der Waals surface area contributed by atoms with E-state index in [1.54, 1.807) is 0 Å². The first-order valence-corrected chi connectivity index (χ1v) is 7.81. The highest BCUT2D eigenvalue weighted by atomic mass is 35.5. The largest absolute Gasteiger partial charge is 0.371 e. The van der Waals surface area contributed by atoms with Crippen LogP contribution in [-0.4, -0.2) is 15.7 Å². The first kappa shape index (κ1) is 14.2. The zero-order valence-corrected chi connectivity index (χ0v) is 12.8. The molecule has 3 unspecified atom stereocenters. The third-order valence-electron chi connectivity index (χ3n) is 3.90. The minimum Gasteiger partial charge on any atom is -0.371 e. The van der Waals surface area contributed by atoms with Crippen molar-refractivity contribution in [3.63, 3.8) is 0 Å². The fourth-order valence-electron chi connectivity index (χ4n) is 2.78. The van der Waals surface area contributed by atoms with Crippen molar-refractivity contribution >= 4 is 23.1 Å². The van der Waals surface area contributed by atoms with Gasteiger partial charge in [0.15, 0.2) is 0 Å². The lowest BCUT2D eigenvalue weighted by atomic mass is 9.75. The second-order valence-electron chi connectivity index (χ2n) is 5.67. The molecule has 0 amide bonds. The molecule has 2 rings (SSSR count). The highest BCUT2D eigenvalue weighted by Crippen LogP contribution is 2.36. The molecule has 1 aromatic rings. The molecule has 1 aliphatic rings. The van der Waals surface area contributed by atoms with E-state index in [2.05, 4.69) is 30.4 Å². The quantitative estimate of drug-likeness (QED) is 0.834. The molecule has 1 heterocycles. The predicted molar refractivity (Wildman–Crippen MR) is 74.8 cm³/mol. The number of hydrogen-bond acceptors (Lipinski definition) is 4. The summed E-state index contributed by atoms with van der Waals surface area (Å²) < 4.78 is 10.6. The summed E-state index contributed by atoms with van der Waals surface area (Å²) in [5.74, 6) is 2.09. The minimum absolute atomic E-state index is 0.339. The van der Waals surface area contributed by atoms with Crippen molar-refractivity contribution in [3.8, 4) is 0 Å². The molecule has 0 radical (unpaired) electrons. The van der Waals surface area contributed by atoms with Crippen molar-refractivity contribution in [1.82, 2.24) is 9.59 Å². The highest BCUT2D eigenvalue weighted by Gasteiger charge is 2.31. The molecule has 3 nitrogen and oxygen atoms in total. The van der Waals surface area contributed by atoms with E-state index in [-0.39, 0.29) is 0 Å². The first-order valence-electron chi connectivity index (χ1n) is 6.66. The molecule has 0 aromatic carbocycles.